The van der Waals surface area contributed by atoms with E-state index in [1.165, 1.54) is 7.11 Å². The van der Waals surface area contributed by atoms with Crippen molar-refractivity contribution in [2.75, 3.05) is 26.0 Å². The van der Waals surface area contributed by atoms with Crippen molar-refractivity contribution >= 4 is 39.9 Å². The lowest BCUT2D eigenvalue weighted by Gasteiger charge is -2.22. The van der Waals surface area contributed by atoms with E-state index in [0.717, 1.165) is 11.3 Å². The monoisotopic (exact) mass is 305 g/mol. The number of carbonyl (C=O) groups is 2. The van der Waals surface area contributed by atoms with E-state index in [9.17, 15) is 9.59 Å². The Hall–Kier alpha value is -1.34. The molecule has 1 aromatic heterocycles. The van der Waals surface area contributed by atoms with E-state index < -0.39 is 11.4 Å². The van der Waals surface area contributed by atoms with Gasteiger partial charge in [-0.3, -0.25) is 4.79 Å². The lowest BCUT2D eigenvalue weighted by molar-refractivity contribution is -0.128. The first-order chi connectivity index (χ1) is 8.81. The average Bonchev–Trinajstić information content (AvgIpc) is 2.75. The van der Waals surface area contributed by atoms with Gasteiger partial charge in [0, 0.05) is 13.6 Å². The molecule has 1 aromatic rings. The zero-order chi connectivity index (χ0) is 14.6. The molecule has 1 heterocycles. The number of hydrogen-bond acceptors (Lipinski definition) is 6. The van der Waals surface area contributed by atoms with Crippen LogP contribution in [0.2, 0.25) is 5.15 Å². The number of hydrogen-bond donors (Lipinski definition) is 2. The number of ether oxygens (including phenoxy) is 1. The standard InChI is InChI=1S/C11H16ClN3O3S/c1-11(2,9(17)13-3)5-14-10-15-7(12)6(19-10)8(16)18-4/h5H2,1-4H3,(H,13,17)(H,14,15). The molecule has 0 fully saturated rings. The van der Waals surface area contributed by atoms with Gasteiger partial charge < -0.3 is 15.4 Å². The number of methoxy groups -OCH3 is 1. The summed E-state index contributed by atoms with van der Waals surface area (Å²) in [6.07, 6.45) is 0. The second-order valence-corrected chi connectivity index (χ2v) is 5.80. The molecule has 0 aromatic carbocycles. The second-order valence-electron chi connectivity index (χ2n) is 4.45. The first-order valence-electron chi connectivity index (χ1n) is 5.52. The van der Waals surface area contributed by atoms with E-state index in [1.54, 1.807) is 20.9 Å². The van der Waals surface area contributed by atoms with E-state index in [1.807, 2.05) is 0 Å². The predicted octanol–water partition coefficient (Wildman–Crippen LogP) is 1.77. The maximum absolute atomic E-state index is 11.6. The largest absolute Gasteiger partial charge is 0.465 e. The third-order valence-electron chi connectivity index (χ3n) is 2.48. The molecule has 19 heavy (non-hydrogen) atoms. The summed E-state index contributed by atoms with van der Waals surface area (Å²) in [6, 6.07) is 0. The Morgan fingerprint density at radius 3 is 2.63 bits per heavy atom. The second kappa shape index (κ2) is 6.21. The Morgan fingerprint density at radius 1 is 1.47 bits per heavy atom. The fraction of sp³-hybridized carbons (Fsp3) is 0.545. The van der Waals surface area contributed by atoms with Gasteiger partial charge in [0.15, 0.2) is 15.2 Å². The van der Waals surface area contributed by atoms with Crippen LogP contribution < -0.4 is 10.6 Å². The number of rotatable bonds is 5. The number of esters is 1. The highest BCUT2D eigenvalue weighted by molar-refractivity contribution is 7.18. The Bertz CT molecular complexity index is 488. The molecule has 0 bridgehead atoms. The summed E-state index contributed by atoms with van der Waals surface area (Å²) in [5.41, 5.74) is -0.599. The van der Waals surface area contributed by atoms with E-state index >= 15 is 0 Å². The SMILES string of the molecule is CNC(=O)C(C)(C)CNc1nc(Cl)c(C(=O)OC)s1. The molecule has 2 N–H and O–H groups in total. The van der Waals surface area contributed by atoms with Crippen LogP contribution in [0.3, 0.4) is 0 Å². The smallest absolute Gasteiger partial charge is 0.351 e. The van der Waals surface area contributed by atoms with E-state index in [-0.39, 0.29) is 15.9 Å². The van der Waals surface area contributed by atoms with E-state index in [2.05, 4.69) is 20.4 Å². The van der Waals surface area contributed by atoms with Gasteiger partial charge in [0.1, 0.15) is 0 Å². The summed E-state index contributed by atoms with van der Waals surface area (Å²) in [6.45, 7) is 3.97. The van der Waals surface area contributed by atoms with E-state index in [0.29, 0.717) is 11.7 Å². The van der Waals surface area contributed by atoms with Crippen LogP contribution in [0.25, 0.3) is 0 Å². The van der Waals surface area contributed by atoms with E-state index in [4.69, 9.17) is 11.6 Å². The summed E-state index contributed by atoms with van der Waals surface area (Å²) < 4.78 is 4.59. The molecule has 0 aliphatic carbocycles. The van der Waals surface area contributed by atoms with Crippen LogP contribution in [0.1, 0.15) is 23.5 Å². The number of anilines is 1. The normalized spacial score (nSPS) is 11.0. The van der Waals surface area contributed by atoms with Gasteiger partial charge >= 0.3 is 5.97 Å². The number of nitrogens with one attached hydrogen (secondary N) is 2. The van der Waals surface area contributed by atoms with Gasteiger partial charge in [0.2, 0.25) is 5.91 Å². The minimum Gasteiger partial charge on any atom is -0.465 e. The van der Waals surface area contributed by atoms with Gasteiger partial charge in [0.25, 0.3) is 0 Å². The van der Waals surface area contributed by atoms with Crippen molar-refractivity contribution in [2.45, 2.75) is 13.8 Å². The van der Waals surface area contributed by atoms with Crippen molar-refractivity contribution in [3.8, 4) is 0 Å². The molecular weight excluding hydrogens is 290 g/mol. The van der Waals surface area contributed by atoms with Crippen molar-refractivity contribution in [1.82, 2.24) is 10.3 Å². The van der Waals surface area contributed by atoms with Gasteiger partial charge in [-0.25, -0.2) is 9.78 Å². The minimum absolute atomic E-state index is 0.0872. The summed E-state index contributed by atoms with van der Waals surface area (Å²) in [7, 11) is 2.86. The Labute approximate surface area is 120 Å². The zero-order valence-corrected chi connectivity index (χ0v) is 12.7. The molecule has 1 amide bonds. The quantitative estimate of drug-likeness (QED) is 0.810. The third-order valence-corrected chi connectivity index (χ3v) is 3.86. The van der Waals surface area contributed by atoms with Crippen molar-refractivity contribution < 1.29 is 14.3 Å². The lowest BCUT2D eigenvalue weighted by Crippen LogP contribution is -2.39. The molecule has 0 saturated carbocycles. The van der Waals surface area contributed by atoms with Gasteiger partial charge in [-0.1, -0.05) is 22.9 Å². The highest BCUT2D eigenvalue weighted by atomic mass is 35.5. The Balaban J connectivity index is 2.74. The molecule has 0 saturated heterocycles. The molecular formula is C11H16ClN3O3S. The topological polar surface area (TPSA) is 80.3 Å². The van der Waals surface area contributed by atoms with Gasteiger partial charge in [-0.15, -0.1) is 0 Å². The van der Waals surface area contributed by atoms with Gasteiger partial charge in [-0.05, 0) is 13.8 Å². The van der Waals surface area contributed by atoms with Crippen LogP contribution in [-0.4, -0.2) is 37.6 Å². The fourth-order valence-corrected chi connectivity index (χ4v) is 2.41. The highest BCUT2D eigenvalue weighted by Gasteiger charge is 2.27. The average molecular weight is 306 g/mol. The minimum atomic E-state index is -0.599. The number of aromatic nitrogens is 1. The molecule has 0 radical (unpaired) electrons. The van der Waals surface area contributed by atoms with Crippen LogP contribution in [0.4, 0.5) is 5.13 Å². The fourth-order valence-electron chi connectivity index (χ4n) is 1.31. The maximum atomic E-state index is 11.6. The zero-order valence-electron chi connectivity index (χ0n) is 11.2. The molecule has 0 aliphatic heterocycles. The van der Waals surface area contributed by atoms with Crippen LogP contribution >= 0.6 is 22.9 Å². The first-order valence-corrected chi connectivity index (χ1v) is 6.72. The van der Waals surface area contributed by atoms with Crippen LogP contribution in [0.5, 0.6) is 0 Å². The maximum Gasteiger partial charge on any atom is 0.351 e. The summed E-state index contributed by atoms with van der Waals surface area (Å²) in [4.78, 5) is 27.2. The number of nitrogens with zero attached hydrogens (tertiary/aromatic N) is 1. The van der Waals surface area contributed by atoms with Gasteiger partial charge in [0.05, 0.1) is 12.5 Å². The molecule has 1 rings (SSSR count). The molecule has 0 atom stereocenters. The molecule has 0 spiro atoms. The van der Waals surface area contributed by atoms with Crippen molar-refractivity contribution in [3.63, 3.8) is 0 Å². The predicted molar refractivity (Wildman–Crippen MR) is 74.8 cm³/mol. The summed E-state index contributed by atoms with van der Waals surface area (Å²) in [5, 5.41) is 6.15. The summed E-state index contributed by atoms with van der Waals surface area (Å²) >= 11 is 6.93. The third kappa shape index (κ3) is 3.81. The number of carbonyl (C=O) groups excluding carboxylic acids is 2. The number of halogens is 1. The van der Waals surface area contributed by atoms with Crippen molar-refractivity contribution in [1.29, 1.82) is 0 Å². The Kier molecular flexibility index (Phi) is 5.13. The molecule has 6 nitrogen and oxygen atoms in total. The Morgan fingerprint density at radius 2 is 2.11 bits per heavy atom. The van der Waals surface area contributed by atoms with Gasteiger partial charge in [-0.2, -0.15) is 0 Å². The van der Waals surface area contributed by atoms with Crippen LogP contribution in [0.15, 0.2) is 0 Å². The highest BCUT2D eigenvalue weighted by Crippen LogP contribution is 2.28. The first kappa shape index (κ1) is 15.7. The van der Waals surface area contributed by atoms with Crippen LogP contribution in [0, 0.1) is 5.41 Å². The number of thiazole rings is 1. The molecule has 8 heteroatoms. The van der Waals surface area contributed by atoms with Crippen molar-refractivity contribution in [2.24, 2.45) is 5.41 Å². The molecule has 0 unspecified atom stereocenters. The molecule has 106 valence electrons. The van der Waals surface area contributed by atoms with Crippen molar-refractivity contribution in [3.05, 3.63) is 10.0 Å². The summed E-state index contributed by atoms with van der Waals surface area (Å²) in [5.74, 6) is -0.614. The number of amides is 1. The lowest BCUT2D eigenvalue weighted by atomic mass is 9.92. The van der Waals surface area contributed by atoms with Crippen LogP contribution in [-0.2, 0) is 9.53 Å². The molecule has 0 aliphatic rings.